The van der Waals surface area contributed by atoms with Crippen LogP contribution in [0.15, 0.2) is 22.7 Å². The van der Waals surface area contributed by atoms with Gasteiger partial charge in [0.15, 0.2) is 0 Å². The number of halogens is 1. The number of hydrogen-bond acceptors (Lipinski definition) is 3. The Labute approximate surface area is 104 Å². The summed E-state index contributed by atoms with van der Waals surface area (Å²) in [5.41, 5.74) is 2.41. The average Bonchev–Trinajstić information content (AvgIpc) is 2.33. The van der Waals surface area contributed by atoms with Crippen molar-refractivity contribution in [3.63, 3.8) is 0 Å². The van der Waals surface area contributed by atoms with Crippen LogP contribution in [0.4, 0.5) is 0 Å². The third-order valence-electron chi connectivity index (χ3n) is 2.68. The van der Waals surface area contributed by atoms with Crippen molar-refractivity contribution in [2.75, 3.05) is 26.8 Å². The van der Waals surface area contributed by atoms with Crippen molar-refractivity contribution in [2.45, 2.75) is 12.7 Å². The molecule has 4 heteroatoms. The minimum atomic E-state index is 0.136. The second-order valence-corrected chi connectivity index (χ2v) is 4.76. The van der Waals surface area contributed by atoms with Gasteiger partial charge in [0.05, 0.1) is 19.3 Å². The average molecular weight is 286 g/mol. The summed E-state index contributed by atoms with van der Waals surface area (Å²) in [6.07, 6.45) is 0.136. The number of ether oxygens (including phenoxy) is 2. The molecule has 16 heavy (non-hydrogen) atoms. The molecule has 1 atom stereocenters. The molecule has 1 unspecified atom stereocenters. The molecule has 0 aliphatic carbocycles. The number of hydrogen-bond donors (Lipinski definition) is 1. The highest BCUT2D eigenvalue weighted by Gasteiger charge is 2.18. The minimum Gasteiger partial charge on any atom is -0.380 e. The number of methoxy groups -OCH3 is 1. The van der Waals surface area contributed by atoms with E-state index in [0.717, 1.165) is 24.2 Å². The van der Waals surface area contributed by atoms with Crippen LogP contribution in [0.2, 0.25) is 0 Å². The van der Waals surface area contributed by atoms with Crippen molar-refractivity contribution in [1.29, 1.82) is 0 Å². The number of rotatable bonds is 3. The fourth-order valence-corrected chi connectivity index (χ4v) is 2.30. The van der Waals surface area contributed by atoms with E-state index in [0.29, 0.717) is 6.61 Å². The van der Waals surface area contributed by atoms with Crippen LogP contribution in [0, 0.1) is 0 Å². The Hall–Kier alpha value is -0.420. The van der Waals surface area contributed by atoms with Crippen LogP contribution in [0.1, 0.15) is 17.2 Å². The van der Waals surface area contributed by atoms with Gasteiger partial charge in [0, 0.05) is 24.7 Å². The molecular formula is C12H16BrNO2. The number of nitrogens with one attached hydrogen (secondary N) is 1. The Bertz CT molecular complexity index is 351. The van der Waals surface area contributed by atoms with Crippen LogP contribution in [0.5, 0.6) is 0 Å². The van der Waals surface area contributed by atoms with E-state index in [1.54, 1.807) is 7.11 Å². The van der Waals surface area contributed by atoms with E-state index in [2.05, 4.69) is 33.4 Å². The molecule has 0 amide bonds. The monoisotopic (exact) mass is 285 g/mol. The molecule has 3 nitrogen and oxygen atoms in total. The number of benzene rings is 1. The summed E-state index contributed by atoms with van der Waals surface area (Å²) in [5.74, 6) is 0. The normalized spacial score (nSPS) is 21.0. The molecule has 2 rings (SSSR count). The third kappa shape index (κ3) is 2.83. The van der Waals surface area contributed by atoms with Crippen LogP contribution in [0.3, 0.4) is 0 Å². The van der Waals surface area contributed by atoms with Gasteiger partial charge in [-0.2, -0.15) is 0 Å². The first-order valence-electron chi connectivity index (χ1n) is 5.41. The summed E-state index contributed by atoms with van der Waals surface area (Å²) in [6, 6.07) is 6.24. The summed E-state index contributed by atoms with van der Waals surface area (Å²) in [4.78, 5) is 0. The second kappa shape index (κ2) is 5.77. The SMILES string of the molecule is COCc1ccc(Br)cc1C1CNCCO1. The van der Waals surface area contributed by atoms with Crippen molar-refractivity contribution >= 4 is 15.9 Å². The molecule has 0 bridgehead atoms. The predicted octanol–water partition coefficient (Wildman–Crippen LogP) is 2.26. The summed E-state index contributed by atoms with van der Waals surface area (Å²) < 4.78 is 12.1. The Morgan fingerprint density at radius 2 is 2.44 bits per heavy atom. The van der Waals surface area contributed by atoms with Crippen molar-refractivity contribution in [2.24, 2.45) is 0 Å². The maximum atomic E-state index is 5.77. The maximum absolute atomic E-state index is 5.77. The molecule has 1 saturated heterocycles. The molecule has 1 aliphatic heterocycles. The smallest absolute Gasteiger partial charge is 0.0953 e. The molecule has 1 N–H and O–H groups in total. The van der Waals surface area contributed by atoms with E-state index >= 15 is 0 Å². The molecule has 1 aromatic carbocycles. The molecule has 88 valence electrons. The largest absolute Gasteiger partial charge is 0.380 e. The number of morpholine rings is 1. The molecule has 1 aliphatic rings. The van der Waals surface area contributed by atoms with Gasteiger partial charge in [-0.15, -0.1) is 0 Å². The van der Waals surface area contributed by atoms with E-state index in [1.807, 2.05) is 6.07 Å². The topological polar surface area (TPSA) is 30.5 Å². The fourth-order valence-electron chi connectivity index (χ4n) is 1.92. The predicted molar refractivity (Wildman–Crippen MR) is 66.4 cm³/mol. The highest BCUT2D eigenvalue weighted by atomic mass is 79.9. The van der Waals surface area contributed by atoms with Gasteiger partial charge < -0.3 is 14.8 Å². The molecule has 1 fully saturated rings. The lowest BCUT2D eigenvalue weighted by Gasteiger charge is -2.26. The maximum Gasteiger partial charge on any atom is 0.0953 e. The van der Waals surface area contributed by atoms with Gasteiger partial charge in [-0.1, -0.05) is 22.0 Å². The van der Waals surface area contributed by atoms with Crippen LogP contribution in [-0.2, 0) is 16.1 Å². The Morgan fingerprint density at radius 1 is 1.56 bits per heavy atom. The van der Waals surface area contributed by atoms with Gasteiger partial charge in [0.1, 0.15) is 0 Å². The van der Waals surface area contributed by atoms with E-state index < -0.39 is 0 Å². The first kappa shape index (κ1) is 12.0. The third-order valence-corrected chi connectivity index (χ3v) is 3.18. The zero-order valence-corrected chi connectivity index (χ0v) is 10.9. The fraction of sp³-hybridized carbons (Fsp3) is 0.500. The highest BCUT2D eigenvalue weighted by molar-refractivity contribution is 9.10. The lowest BCUT2D eigenvalue weighted by atomic mass is 10.0. The molecule has 1 aromatic rings. The second-order valence-electron chi connectivity index (χ2n) is 3.84. The zero-order valence-electron chi connectivity index (χ0n) is 9.33. The van der Waals surface area contributed by atoms with E-state index in [4.69, 9.17) is 9.47 Å². The Kier molecular flexibility index (Phi) is 4.35. The van der Waals surface area contributed by atoms with Crippen LogP contribution in [0.25, 0.3) is 0 Å². The molecule has 1 heterocycles. The first-order chi connectivity index (χ1) is 7.81. The van der Waals surface area contributed by atoms with Gasteiger partial charge >= 0.3 is 0 Å². The highest BCUT2D eigenvalue weighted by Crippen LogP contribution is 2.26. The van der Waals surface area contributed by atoms with Gasteiger partial charge in [-0.05, 0) is 23.3 Å². The Balaban J connectivity index is 2.24. The molecule has 0 saturated carbocycles. The quantitative estimate of drug-likeness (QED) is 0.924. The standard InChI is InChI=1S/C12H16BrNO2/c1-15-8-9-2-3-10(13)6-11(9)12-7-14-4-5-16-12/h2-3,6,12,14H,4-5,7-8H2,1H3. The van der Waals surface area contributed by atoms with E-state index in [-0.39, 0.29) is 6.10 Å². The zero-order chi connectivity index (χ0) is 11.4. The summed E-state index contributed by atoms with van der Waals surface area (Å²) in [6.45, 7) is 3.20. The van der Waals surface area contributed by atoms with Crippen LogP contribution < -0.4 is 5.32 Å². The molecule has 0 spiro atoms. The van der Waals surface area contributed by atoms with Gasteiger partial charge in [0.25, 0.3) is 0 Å². The lowest BCUT2D eigenvalue weighted by Crippen LogP contribution is -2.33. The van der Waals surface area contributed by atoms with Crippen molar-refractivity contribution < 1.29 is 9.47 Å². The summed E-state index contributed by atoms with van der Waals surface area (Å²) in [5, 5.41) is 3.34. The van der Waals surface area contributed by atoms with Gasteiger partial charge in [-0.3, -0.25) is 0 Å². The summed E-state index contributed by atoms with van der Waals surface area (Å²) in [7, 11) is 1.71. The van der Waals surface area contributed by atoms with E-state index in [9.17, 15) is 0 Å². The molecule has 0 radical (unpaired) electrons. The van der Waals surface area contributed by atoms with E-state index in [1.165, 1.54) is 11.1 Å². The molecular weight excluding hydrogens is 270 g/mol. The van der Waals surface area contributed by atoms with Gasteiger partial charge in [-0.25, -0.2) is 0 Å². The van der Waals surface area contributed by atoms with Crippen LogP contribution in [-0.4, -0.2) is 26.8 Å². The van der Waals surface area contributed by atoms with Crippen molar-refractivity contribution in [1.82, 2.24) is 5.32 Å². The lowest BCUT2D eigenvalue weighted by molar-refractivity contribution is 0.0260. The molecule has 0 aromatic heterocycles. The summed E-state index contributed by atoms with van der Waals surface area (Å²) >= 11 is 3.50. The van der Waals surface area contributed by atoms with Crippen molar-refractivity contribution in [3.8, 4) is 0 Å². The van der Waals surface area contributed by atoms with Crippen LogP contribution >= 0.6 is 15.9 Å². The first-order valence-corrected chi connectivity index (χ1v) is 6.20. The van der Waals surface area contributed by atoms with Crippen molar-refractivity contribution in [3.05, 3.63) is 33.8 Å². The minimum absolute atomic E-state index is 0.136. The Morgan fingerprint density at radius 3 is 3.12 bits per heavy atom. The van der Waals surface area contributed by atoms with Gasteiger partial charge in [0.2, 0.25) is 0 Å².